The smallest absolute Gasteiger partial charge is 0.191 e. The van der Waals surface area contributed by atoms with Crippen LogP contribution in [0.25, 0.3) is 0 Å². The summed E-state index contributed by atoms with van der Waals surface area (Å²) in [5, 5.41) is 14.7. The predicted molar refractivity (Wildman–Crippen MR) is 109 cm³/mol. The van der Waals surface area contributed by atoms with Gasteiger partial charge >= 0.3 is 0 Å². The zero-order valence-electron chi connectivity index (χ0n) is 16.9. The summed E-state index contributed by atoms with van der Waals surface area (Å²) in [5.74, 6) is 1.81. The van der Waals surface area contributed by atoms with Crippen LogP contribution in [0.4, 0.5) is 0 Å². The molecule has 0 saturated carbocycles. The molecule has 0 aliphatic rings. The van der Waals surface area contributed by atoms with Crippen molar-refractivity contribution in [2.75, 3.05) is 13.1 Å². The second-order valence-corrected chi connectivity index (χ2v) is 6.60. The van der Waals surface area contributed by atoms with Crippen molar-refractivity contribution in [1.82, 2.24) is 25.4 Å². The molecule has 0 radical (unpaired) electrons. The quantitative estimate of drug-likeness (QED) is 0.495. The fourth-order valence-corrected chi connectivity index (χ4v) is 2.63. The summed E-state index contributed by atoms with van der Waals surface area (Å²) in [5.41, 5.74) is 2.35. The molecule has 0 saturated heterocycles. The highest BCUT2D eigenvalue weighted by molar-refractivity contribution is 5.79. The van der Waals surface area contributed by atoms with Gasteiger partial charge in [-0.3, -0.25) is 0 Å². The van der Waals surface area contributed by atoms with Gasteiger partial charge in [0.2, 0.25) is 0 Å². The van der Waals surface area contributed by atoms with Crippen molar-refractivity contribution in [2.24, 2.45) is 4.99 Å². The first-order valence-electron chi connectivity index (χ1n) is 9.70. The van der Waals surface area contributed by atoms with Gasteiger partial charge in [0.25, 0.3) is 0 Å². The predicted octanol–water partition coefficient (Wildman–Crippen LogP) is 2.52. The molecule has 0 spiro atoms. The van der Waals surface area contributed by atoms with E-state index in [4.69, 9.17) is 9.73 Å². The molecule has 0 aliphatic carbocycles. The largest absolute Gasteiger partial charge is 0.374 e. The van der Waals surface area contributed by atoms with E-state index >= 15 is 0 Å². The van der Waals surface area contributed by atoms with Gasteiger partial charge in [-0.25, -0.2) is 4.99 Å². The molecule has 27 heavy (non-hydrogen) atoms. The van der Waals surface area contributed by atoms with Crippen molar-refractivity contribution in [3.63, 3.8) is 0 Å². The normalized spacial score (nSPS) is 11.8. The summed E-state index contributed by atoms with van der Waals surface area (Å²) < 4.78 is 7.75. The van der Waals surface area contributed by atoms with E-state index < -0.39 is 0 Å². The van der Waals surface area contributed by atoms with Gasteiger partial charge in [0, 0.05) is 26.1 Å². The first-order chi connectivity index (χ1) is 13.1. The fraction of sp³-hybridized carbons (Fsp3) is 0.550. The number of rotatable bonds is 10. The van der Waals surface area contributed by atoms with Crippen LogP contribution in [-0.2, 0) is 30.9 Å². The summed E-state index contributed by atoms with van der Waals surface area (Å²) >= 11 is 0. The van der Waals surface area contributed by atoms with Crippen molar-refractivity contribution >= 4 is 5.96 Å². The molecular formula is C20H32N6O. The molecule has 0 amide bonds. The Labute approximate surface area is 162 Å². The fourth-order valence-electron chi connectivity index (χ4n) is 2.63. The Kier molecular flexibility index (Phi) is 8.77. The number of hydrogen-bond acceptors (Lipinski definition) is 4. The Morgan fingerprint density at radius 1 is 1.22 bits per heavy atom. The van der Waals surface area contributed by atoms with Crippen molar-refractivity contribution in [3.05, 3.63) is 47.5 Å². The number of aryl methyl sites for hydroxylation is 1. The number of nitrogens with one attached hydrogen (secondary N) is 2. The molecule has 0 bridgehead atoms. The Balaban J connectivity index is 1.89. The third kappa shape index (κ3) is 7.38. The van der Waals surface area contributed by atoms with E-state index in [9.17, 15) is 0 Å². The lowest BCUT2D eigenvalue weighted by atomic mass is 10.1. The molecule has 0 aliphatic heterocycles. The number of guanidine groups is 1. The topological polar surface area (TPSA) is 76.4 Å². The molecule has 148 valence electrons. The van der Waals surface area contributed by atoms with Gasteiger partial charge in [-0.1, -0.05) is 31.2 Å². The molecule has 0 unspecified atom stereocenters. The Hall–Kier alpha value is -2.41. The van der Waals surface area contributed by atoms with Crippen LogP contribution in [0.5, 0.6) is 0 Å². The van der Waals surface area contributed by atoms with Gasteiger partial charge < -0.3 is 19.9 Å². The van der Waals surface area contributed by atoms with Crippen molar-refractivity contribution < 1.29 is 4.74 Å². The maximum atomic E-state index is 5.68. The summed E-state index contributed by atoms with van der Waals surface area (Å²) in [6, 6.07) is 8.39. The number of aliphatic imine (C=N–C) groups is 1. The highest BCUT2D eigenvalue weighted by Crippen LogP contribution is 2.09. The van der Waals surface area contributed by atoms with Gasteiger partial charge in [0.15, 0.2) is 5.96 Å². The van der Waals surface area contributed by atoms with Gasteiger partial charge in [-0.2, -0.15) is 0 Å². The second-order valence-electron chi connectivity index (χ2n) is 6.60. The molecule has 2 N–H and O–H groups in total. The second kappa shape index (κ2) is 11.3. The molecule has 7 nitrogen and oxygen atoms in total. The average molecular weight is 373 g/mol. The van der Waals surface area contributed by atoms with Gasteiger partial charge in [-0.05, 0) is 31.9 Å². The Morgan fingerprint density at radius 3 is 2.78 bits per heavy atom. The number of aromatic nitrogens is 3. The summed E-state index contributed by atoms with van der Waals surface area (Å²) in [6.07, 6.45) is 2.88. The number of nitrogens with zero attached hydrogens (tertiary/aromatic N) is 4. The van der Waals surface area contributed by atoms with Crippen molar-refractivity contribution in [3.8, 4) is 0 Å². The lowest BCUT2D eigenvalue weighted by Gasteiger charge is -2.12. The third-order valence-corrected chi connectivity index (χ3v) is 4.00. The monoisotopic (exact) mass is 372 g/mol. The van der Waals surface area contributed by atoms with Crippen LogP contribution in [0.3, 0.4) is 0 Å². The van der Waals surface area contributed by atoms with Gasteiger partial charge in [0.05, 0.1) is 19.3 Å². The van der Waals surface area contributed by atoms with Crippen LogP contribution in [0.1, 0.15) is 44.6 Å². The maximum absolute atomic E-state index is 5.68. The molecule has 1 aromatic carbocycles. The molecule has 2 aromatic rings. The molecule has 1 heterocycles. The number of benzene rings is 1. The lowest BCUT2D eigenvalue weighted by molar-refractivity contribution is 0.0657. The summed E-state index contributed by atoms with van der Waals surface area (Å²) in [6.45, 7) is 11.9. The highest BCUT2D eigenvalue weighted by Gasteiger charge is 2.03. The van der Waals surface area contributed by atoms with E-state index in [1.165, 1.54) is 11.1 Å². The SMILES string of the molecule is CCNC(=NCc1cccc(COC(C)C)c1)NCCn1cnnc1CC. The molecular weight excluding hydrogens is 340 g/mol. The minimum atomic E-state index is 0.232. The minimum absolute atomic E-state index is 0.232. The van der Waals surface area contributed by atoms with Crippen molar-refractivity contribution in [1.29, 1.82) is 0 Å². The maximum Gasteiger partial charge on any atom is 0.191 e. The average Bonchev–Trinajstić information content (AvgIpc) is 3.12. The van der Waals surface area contributed by atoms with Crippen LogP contribution in [-0.4, -0.2) is 39.9 Å². The molecule has 0 atom stereocenters. The summed E-state index contributed by atoms with van der Waals surface area (Å²) in [7, 11) is 0. The molecule has 7 heteroatoms. The zero-order chi connectivity index (χ0) is 19.5. The Morgan fingerprint density at radius 2 is 2.04 bits per heavy atom. The van der Waals surface area contributed by atoms with Crippen LogP contribution < -0.4 is 10.6 Å². The minimum Gasteiger partial charge on any atom is -0.374 e. The van der Waals surface area contributed by atoms with Gasteiger partial charge in [-0.15, -0.1) is 10.2 Å². The standard InChI is InChI=1S/C20H32N6O/c1-5-19-25-24-15-26(19)11-10-22-20(21-6-2)23-13-17-8-7-9-18(12-17)14-27-16(3)4/h7-9,12,15-16H,5-6,10-11,13-14H2,1-4H3,(H2,21,22,23). The first-order valence-corrected chi connectivity index (χ1v) is 9.70. The molecule has 0 fully saturated rings. The van der Waals surface area contributed by atoms with Crippen LogP contribution >= 0.6 is 0 Å². The number of hydrogen-bond donors (Lipinski definition) is 2. The van der Waals surface area contributed by atoms with Crippen LogP contribution in [0.2, 0.25) is 0 Å². The van der Waals surface area contributed by atoms with Crippen LogP contribution in [0.15, 0.2) is 35.6 Å². The zero-order valence-corrected chi connectivity index (χ0v) is 16.9. The van der Waals surface area contributed by atoms with E-state index in [1.807, 2.05) is 13.8 Å². The summed E-state index contributed by atoms with van der Waals surface area (Å²) in [4.78, 5) is 4.69. The van der Waals surface area contributed by atoms with E-state index in [2.05, 4.69) is 63.5 Å². The Bertz CT molecular complexity index is 710. The molecule has 1 aromatic heterocycles. The van der Waals surface area contributed by atoms with Crippen LogP contribution in [0, 0.1) is 0 Å². The number of ether oxygens (including phenoxy) is 1. The van der Waals surface area contributed by atoms with Crippen molar-refractivity contribution in [2.45, 2.75) is 59.9 Å². The molecule has 2 rings (SSSR count). The first kappa shape index (κ1) is 20.9. The van der Waals surface area contributed by atoms with E-state index in [1.54, 1.807) is 6.33 Å². The highest BCUT2D eigenvalue weighted by atomic mass is 16.5. The van der Waals surface area contributed by atoms with E-state index in [-0.39, 0.29) is 6.10 Å². The van der Waals surface area contributed by atoms with E-state index in [0.29, 0.717) is 13.2 Å². The van der Waals surface area contributed by atoms with E-state index in [0.717, 1.165) is 37.8 Å². The van der Waals surface area contributed by atoms with Gasteiger partial charge in [0.1, 0.15) is 12.2 Å². The lowest BCUT2D eigenvalue weighted by Crippen LogP contribution is -2.38. The third-order valence-electron chi connectivity index (χ3n) is 4.00.